The molecular weight excluding hydrogens is 201 g/mol. The smallest absolute Gasteiger partial charge is 0.219 e. The Morgan fingerprint density at radius 2 is 2.08 bits per heavy atom. The van der Waals surface area contributed by atoms with E-state index < -0.39 is 0 Å². The van der Waals surface area contributed by atoms with Gasteiger partial charge in [-0.25, -0.2) is 4.99 Å². The molecule has 0 aromatic heterocycles. The van der Waals surface area contributed by atoms with Crippen LogP contribution in [0.4, 0.5) is 4.48 Å². The third-order valence-corrected chi connectivity index (χ3v) is 1.98. The first kappa shape index (κ1) is 11.6. The third-order valence-electron chi connectivity index (χ3n) is 1.01. The van der Waals surface area contributed by atoms with Crippen molar-refractivity contribution in [3.63, 3.8) is 0 Å². The summed E-state index contributed by atoms with van der Waals surface area (Å²) in [5.74, 6) is 0. The fraction of sp³-hybridized carbons (Fsp3) is 0.500. The minimum atomic E-state index is 0.0364. The van der Waals surface area contributed by atoms with Crippen LogP contribution >= 0.6 is 23.4 Å². The molecule has 0 saturated carbocycles. The Labute approximate surface area is 79.8 Å². The Bertz CT molecular complexity index is 237. The summed E-state index contributed by atoms with van der Waals surface area (Å²) in [7, 11) is 1.53. The van der Waals surface area contributed by atoms with E-state index in [1.54, 1.807) is 13.2 Å². The van der Waals surface area contributed by atoms with Gasteiger partial charge in [-0.2, -0.15) is 0 Å². The molecule has 0 aromatic carbocycles. The summed E-state index contributed by atoms with van der Waals surface area (Å²) >= 11 is 6.71. The number of amidine groups is 1. The Morgan fingerprint density at radius 3 is 2.42 bits per heavy atom. The molecule has 3 nitrogen and oxygen atoms in total. The molecule has 0 aliphatic rings. The molecule has 0 unspecified atom stereocenters. The first-order chi connectivity index (χ1) is 5.65. The highest BCUT2D eigenvalue weighted by molar-refractivity contribution is 8.13. The minimum Gasteiger partial charge on any atom is -0.275 e. The maximum atomic E-state index is 11.8. The molecular formula is C6H9ClFN3S. The summed E-state index contributed by atoms with van der Waals surface area (Å²) in [6, 6.07) is 0. The van der Waals surface area contributed by atoms with E-state index in [0.29, 0.717) is 5.71 Å². The molecule has 0 fully saturated rings. The quantitative estimate of drug-likeness (QED) is 0.482. The monoisotopic (exact) mass is 209 g/mol. The van der Waals surface area contributed by atoms with E-state index in [4.69, 9.17) is 11.6 Å². The van der Waals surface area contributed by atoms with Gasteiger partial charge in [-0.3, -0.25) is 4.99 Å². The fourth-order valence-corrected chi connectivity index (χ4v) is 0.790. The zero-order valence-electron chi connectivity index (χ0n) is 7.01. The number of rotatable bonds is 1. The second kappa shape index (κ2) is 6.14. The highest BCUT2D eigenvalue weighted by Crippen LogP contribution is 2.02. The van der Waals surface area contributed by atoms with Gasteiger partial charge in [0.25, 0.3) is 0 Å². The predicted molar refractivity (Wildman–Crippen MR) is 54.4 cm³/mol. The minimum absolute atomic E-state index is 0.0364. The van der Waals surface area contributed by atoms with Crippen molar-refractivity contribution >= 4 is 39.4 Å². The summed E-state index contributed by atoms with van der Waals surface area (Å²) in [6.45, 7) is 1.64. The van der Waals surface area contributed by atoms with Crippen LogP contribution in [0.25, 0.3) is 0 Å². The SMILES string of the molecule is C/N=C(Cl)\C(C)=N\C(=NF)SC. The number of halogens is 2. The summed E-state index contributed by atoms with van der Waals surface area (Å²) in [5.41, 5.74) is 0.449. The molecule has 0 saturated heterocycles. The average molecular weight is 210 g/mol. The molecule has 0 atom stereocenters. The number of hydrogen-bond acceptors (Lipinski definition) is 3. The molecule has 68 valence electrons. The normalized spacial score (nSPS) is 15.2. The van der Waals surface area contributed by atoms with Crippen LogP contribution in [0.2, 0.25) is 0 Å². The number of hydrogen-bond donors (Lipinski definition) is 0. The van der Waals surface area contributed by atoms with Gasteiger partial charge in [-0.15, -0.1) is 0 Å². The lowest BCUT2D eigenvalue weighted by Gasteiger charge is -1.95. The van der Waals surface area contributed by atoms with Crippen LogP contribution in [-0.2, 0) is 0 Å². The Morgan fingerprint density at radius 1 is 1.50 bits per heavy atom. The largest absolute Gasteiger partial charge is 0.275 e. The third kappa shape index (κ3) is 3.82. The molecule has 0 N–H and O–H groups in total. The Balaban J connectivity index is 4.55. The zero-order valence-corrected chi connectivity index (χ0v) is 8.58. The second-order valence-corrected chi connectivity index (χ2v) is 2.91. The fourth-order valence-electron chi connectivity index (χ4n) is 0.450. The van der Waals surface area contributed by atoms with E-state index in [1.165, 1.54) is 7.05 Å². The van der Waals surface area contributed by atoms with Gasteiger partial charge in [0.1, 0.15) is 5.17 Å². The Kier molecular flexibility index (Phi) is 5.92. The standard InChI is InChI=1S/C6H9ClFN3S/c1-4(5(7)9-2)10-6(11-8)12-3/h1-3H3/b9-5+,10-4+,11-6?. The zero-order chi connectivity index (χ0) is 9.56. The van der Waals surface area contributed by atoms with Gasteiger partial charge in [-0.05, 0) is 13.2 Å². The number of nitrogens with zero attached hydrogens (tertiary/aromatic N) is 3. The summed E-state index contributed by atoms with van der Waals surface area (Å²) in [4.78, 5) is 7.45. The van der Waals surface area contributed by atoms with Crippen molar-refractivity contribution in [3.8, 4) is 0 Å². The number of thioether (sulfide) groups is 1. The number of aliphatic imine (C=N–C) groups is 2. The first-order valence-corrected chi connectivity index (χ1v) is 4.66. The van der Waals surface area contributed by atoms with E-state index in [2.05, 4.69) is 15.2 Å². The molecule has 0 aliphatic carbocycles. The average Bonchev–Trinajstić information content (AvgIpc) is 2.12. The molecule has 0 radical (unpaired) electrons. The molecule has 0 rings (SSSR count). The van der Waals surface area contributed by atoms with Gasteiger partial charge in [0, 0.05) is 7.05 Å². The summed E-state index contributed by atoms with van der Waals surface area (Å²) in [5, 5.41) is 2.73. The van der Waals surface area contributed by atoms with E-state index in [9.17, 15) is 4.48 Å². The van der Waals surface area contributed by atoms with E-state index in [-0.39, 0.29) is 10.3 Å². The first-order valence-electron chi connectivity index (χ1n) is 3.06. The van der Waals surface area contributed by atoms with Crippen LogP contribution in [0.3, 0.4) is 0 Å². The van der Waals surface area contributed by atoms with E-state index in [1.807, 2.05) is 0 Å². The van der Waals surface area contributed by atoms with E-state index in [0.717, 1.165) is 11.8 Å². The lowest BCUT2D eigenvalue weighted by molar-refractivity contribution is 0.539. The molecule has 0 spiro atoms. The van der Waals surface area contributed by atoms with Crippen molar-refractivity contribution in [1.29, 1.82) is 0 Å². The second-order valence-electron chi connectivity index (χ2n) is 1.78. The molecule has 12 heavy (non-hydrogen) atoms. The van der Waals surface area contributed by atoms with Crippen LogP contribution in [0.1, 0.15) is 6.92 Å². The topological polar surface area (TPSA) is 37.1 Å². The molecule has 0 aliphatic heterocycles. The summed E-state index contributed by atoms with van der Waals surface area (Å²) in [6.07, 6.45) is 1.67. The van der Waals surface area contributed by atoms with Crippen LogP contribution in [-0.4, -0.2) is 29.4 Å². The van der Waals surface area contributed by atoms with Gasteiger partial charge in [0.15, 0.2) is 0 Å². The lowest BCUT2D eigenvalue weighted by Crippen LogP contribution is -2.04. The van der Waals surface area contributed by atoms with Crippen LogP contribution in [0.15, 0.2) is 15.2 Å². The van der Waals surface area contributed by atoms with Gasteiger partial charge < -0.3 is 0 Å². The van der Waals surface area contributed by atoms with Crippen LogP contribution < -0.4 is 0 Å². The van der Waals surface area contributed by atoms with Crippen molar-refractivity contribution in [3.05, 3.63) is 0 Å². The maximum absolute atomic E-state index is 11.8. The van der Waals surface area contributed by atoms with Crippen LogP contribution in [0, 0.1) is 0 Å². The van der Waals surface area contributed by atoms with E-state index >= 15 is 0 Å². The Hall–Kier alpha value is -0.420. The highest BCUT2D eigenvalue weighted by atomic mass is 35.5. The van der Waals surface area contributed by atoms with Gasteiger partial charge in [0.2, 0.25) is 5.17 Å². The van der Waals surface area contributed by atoms with Gasteiger partial charge in [0.05, 0.1) is 5.71 Å². The highest BCUT2D eigenvalue weighted by Gasteiger charge is 2.00. The van der Waals surface area contributed by atoms with Crippen molar-refractivity contribution in [2.24, 2.45) is 15.2 Å². The predicted octanol–water partition coefficient (Wildman–Crippen LogP) is 2.32. The summed E-state index contributed by atoms with van der Waals surface area (Å²) < 4.78 is 11.8. The molecule has 0 amide bonds. The van der Waals surface area contributed by atoms with Gasteiger partial charge >= 0.3 is 0 Å². The van der Waals surface area contributed by atoms with Crippen molar-refractivity contribution in [2.45, 2.75) is 6.92 Å². The van der Waals surface area contributed by atoms with Gasteiger partial charge in [-0.1, -0.05) is 33.1 Å². The molecule has 0 bridgehead atoms. The van der Waals surface area contributed by atoms with Crippen molar-refractivity contribution < 1.29 is 4.48 Å². The van der Waals surface area contributed by atoms with Crippen molar-refractivity contribution in [1.82, 2.24) is 0 Å². The van der Waals surface area contributed by atoms with Crippen LogP contribution in [0.5, 0.6) is 0 Å². The molecule has 6 heteroatoms. The molecule has 0 heterocycles. The lowest BCUT2D eigenvalue weighted by atomic mass is 10.5. The maximum Gasteiger partial charge on any atom is 0.219 e. The molecule has 0 aromatic rings. The van der Waals surface area contributed by atoms with Crippen molar-refractivity contribution in [2.75, 3.05) is 13.3 Å².